The minimum absolute atomic E-state index is 0.0900. The second-order valence-electron chi connectivity index (χ2n) is 4.86. The fraction of sp³-hybridized carbons (Fsp3) is 0.467. The molecule has 2 rings (SSSR count). The summed E-state index contributed by atoms with van der Waals surface area (Å²) < 4.78 is 31.2. The Bertz CT molecular complexity index is 586. The zero-order valence-corrected chi connectivity index (χ0v) is 13.0. The van der Waals surface area contributed by atoms with E-state index in [4.69, 9.17) is 0 Å². The van der Waals surface area contributed by atoms with Gasteiger partial charge in [-0.1, -0.05) is 36.9 Å². The van der Waals surface area contributed by atoms with Gasteiger partial charge in [-0.15, -0.1) is 5.10 Å². The quantitative estimate of drug-likeness (QED) is 0.848. The average molecular weight is 311 g/mol. The Kier molecular flexibility index (Phi) is 5.76. The summed E-state index contributed by atoms with van der Waals surface area (Å²) in [7, 11) is 0. The average Bonchev–Trinajstić information content (AvgIpc) is 2.92. The Morgan fingerprint density at radius 2 is 2.10 bits per heavy atom. The number of hydrogen-bond acceptors (Lipinski definition) is 4. The fourth-order valence-electron chi connectivity index (χ4n) is 2.32. The summed E-state index contributed by atoms with van der Waals surface area (Å²) >= 11 is 1.33. The molecule has 114 valence electrons. The topological polar surface area (TPSA) is 37.8 Å². The predicted octanol–water partition coefficient (Wildman–Crippen LogP) is 3.66. The van der Waals surface area contributed by atoms with Gasteiger partial charge < -0.3 is 5.32 Å². The molecule has 6 heteroatoms. The second kappa shape index (κ2) is 7.56. The lowest BCUT2D eigenvalue weighted by Gasteiger charge is -2.17. The molecule has 0 amide bonds. The van der Waals surface area contributed by atoms with Gasteiger partial charge in [0.25, 0.3) is 0 Å². The maximum Gasteiger partial charge on any atom is 0.162 e. The lowest BCUT2D eigenvalue weighted by molar-refractivity contribution is 0.482. The number of benzene rings is 1. The van der Waals surface area contributed by atoms with Crippen LogP contribution in [-0.4, -0.2) is 16.1 Å². The van der Waals surface area contributed by atoms with E-state index < -0.39 is 11.6 Å². The highest BCUT2D eigenvalue weighted by Gasteiger charge is 2.20. The van der Waals surface area contributed by atoms with Crippen molar-refractivity contribution in [1.29, 1.82) is 0 Å². The van der Waals surface area contributed by atoms with E-state index in [1.807, 2.05) is 6.92 Å². The molecule has 1 heterocycles. The predicted molar refractivity (Wildman–Crippen MR) is 80.4 cm³/mol. The van der Waals surface area contributed by atoms with Gasteiger partial charge in [0.1, 0.15) is 0 Å². The van der Waals surface area contributed by atoms with Crippen LogP contribution in [0.1, 0.15) is 42.4 Å². The van der Waals surface area contributed by atoms with Crippen molar-refractivity contribution in [2.24, 2.45) is 0 Å². The largest absolute Gasteiger partial charge is 0.309 e. The standard InChI is InChI=1S/C15H19F2N3S/c1-3-6-12-15(21-20-19-12)13(18-4-2)9-10-7-5-8-11(16)14(10)17/h5,7-8,13,18H,3-4,6,9H2,1-2H3. The molecule has 0 saturated heterocycles. The molecule has 0 aliphatic heterocycles. The number of hydrogen-bond donors (Lipinski definition) is 1. The van der Waals surface area contributed by atoms with E-state index in [1.165, 1.54) is 17.6 Å². The number of likely N-dealkylation sites (N-methyl/N-ethyl adjacent to an activating group) is 1. The minimum Gasteiger partial charge on any atom is -0.309 e. The first kappa shape index (κ1) is 16.0. The van der Waals surface area contributed by atoms with Crippen molar-refractivity contribution in [1.82, 2.24) is 14.9 Å². The Labute approximate surface area is 127 Å². The highest BCUT2D eigenvalue weighted by molar-refractivity contribution is 7.05. The number of halogens is 2. The van der Waals surface area contributed by atoms with Crippen LogP contribution in [0.4, 0.5) is 8.78 Å². The lowest BCUT2D eigenvalue weighted by Crippen LogP contribution is -2.23. The van der Waals surface area contributed by atoms with Gasteiger partial charge in [0.2, 0.25) is 0 Å². The van der Waals surface area contributed by atoms with Crippen LogP contribution in [0.5, 0.6) is 0 Å². The maximum absolute atomic E-state index is 13.9. The fourth-order valence-corrected chi connectivity index (χ4v) is 3.09. The van der Waals surface area contributed by atoms with Crippen molar-refractivity contribution in [2.75, 3.05) is 6.54 Å². The Hall–Kier alpha value is -1.40. The van der Waals surface area contributed by atoms with Crippen LogP contribution in [0.3, 0.4) is 0 Å². The smallest absolute Gasteiger partial charge is 0.162 e. The van der Waals surface area contributed by atoms with Crippen molar-refractivity contribution in [3.63, 3.8) is 0 Å². The van der Waals surface area contributed by atoms with Gasteiger partial charge in [-0.3, -0.25) is 0 Å². The van der Waals surface area contributed by atoms with Gasteiger partial charge in [-0.2, -0.15) is 0 Å². The lowest BCUT2D eigenvalue weighted by atomic mass is 10.0. The van der Waals surface area contributed by atoms with Crippen LogP contribution in [0.25, 0.3) is 0 Å². The third kappa shape index (κ3) is 3.83. The molecular weight excluding hydrogens is 292 g/mol. The molecular formula is C15H19F2N3S. The monoisotopic (exact) mass is 311 g/mol. The molecule has 1 aromatic carbocycles. The minimum atomic E-state index is -0.807. The van der Waals surface area contributed by atoms with Gasteiger partial charge >= 0.3 is 0 Å². The Balaban J connectivity index is 2.26. The molecule has 1 N–H and O–H groups in total. The van der Waals surface area contributed by atoms with Crippen molar-refractivity contribution in [3.8, 4) is 0 Å². The number of aryl methyl sites for hydroxylation is 1. The van der Waals surface area contributed by atoms with Crippen molar-refractivity contribution in [2.45, 2.75) is 39.2 Å². The van der Waals surface area contributed by atoms with Crippen LogP contribution in [0, 0.1) is 11.6 Å². The van der Waals surface area contributed by atoms with E-state index in [-0.39, 0.29) is 6.04 Å². The molecule has 2 aromatic rings. The zero-order chi connectivity index (χ0) is 15.2. The molecule has 1 atom stereocenters. The Morgan fingerprint density at radius 3 is 2.81 bits per heavy atom. The van der Waals surface area contributed by atoms with E-state index in [0.717, 1.165) is 36.0 Å². The normalized spacial score (nSPS) is 12.6. The summed E-state index contributed by atoms with van der Waals surface area (Å²) in [6.45, 7) is 4.81. The summed E-state index contributed by atoms with van der Waals surface area (Å²) in [5.74, 6) is -1.58. The number of rotatable bonds is 7. The molecule has 0 radical (unpaired) electrons. The molecule has 0 aliphatic carbocycles. The molecule has 0 spiro atoms. The summed E-state index contributed by atoms with van der Waals surface area (Å²) in [5.41, 5.74) is 1.32. The zero-order valence-electron chi connectivity index (χ0n) is 12.2. The molecule has 21 heavy (non-hydrogen) atoms. The first-order chi connectivity index (χ1) is 10.2. The van der Waals surface area contributed by atoms with E-state index in [1.54, 1.807) is 6.07 Å². The number of aromatic nitrogens is 2. The third-order valence-corrected chi connectivity index (χ3v) is 4.17. The highest BCUT2D eigenvalue weighted by Crippen LogP contribution is 2.26. The van der Waals surface area contributed by atoms with Gasteiger partial charge in [-0.25, -0.2) is 8.78 Å². The summed E-state index contributed by atoms with van der Waals surface area (Å²) in [6.07, 6.45) is 2.21. The van der Waals surface area contributed by atoms with Crippen LogP contribution < -0.4 is 5.32 Å². The van der Waals surface area contributed by atoms with Gasteiger partial charge in [-0.05, 0) is 42.5 Å². The maximum atomic E-state index is 13.9. The third-order valence-electron chi connectivity index (χ3n) is 3.29. The van der Waals surface area contributed by atoms with Crippen LogP contribution in [-0.2, 0) is 12.8 Å². The van der Waals surface area contributed by atoms with E-state index in [9.17, 15) is 8.78 Å². The Morgan fingerprint density at radius 1 is 1.29 bits per heavy atom. The van der Waals surface area contributed by atoms with Crippen molar-refractivity contribution >= 4 is 11.5 Å². The molecule has 3 nitrogen and oxygen atoms in total. The van der Waals surface area contributed by atoms with Crippen molar-refractivity contribution < 1.29 is 8.78 Å². The molecule has 0 saturated carbocycles. The van der Waals surface area contributed by atoms with Crippen LogP contribution >= 0.6 is 11.5 Å². The number of nitrogens with one attached hydrogen (secondary N) is 1. The van der Waals surface area contributed by atoms with Gasteiger partial charge in [0.05, 0.1) is 10.6 Å². The first-order valence-corrected chi connectivity index (χ1v) is 7.92. The molecule has 0 fully saturated rings. The summed E-state index contributed by atoms with van der Waals surface area (Å²) in [5, 5.41) is 7.47. The molecule has 0 bridgehead atoms. The second-order valence-corrected chi connectivity index (χ2v) is 5.65. The van der Waals surface area contributed by atoms with Gasteiger partial charge in [0, 0.05) is 6.04 Å². The summed E-state index contributed by atoms with van der Waals surface area (Å²) in [6, 6.07) is 4.20. The number of nitrogens with zero attached hydrogens (tertiary/aromatic N) is 2. The molecule has 1 aromatic heterocycles. The van der Waals surface area contributed by atoms with Gasteiger partial charge in [0.15, 0.2) is 11.6 Å². The SMILES string of the molecule is CCCc1nnsc1C(Cc1cccc(F)c1F)NCC. The van der Waals surface area contributed by atoms with Crippen LogP contribution in [0.2, 0.25) is 0 Å². The van der Waals surface area contributed by atoms with E-state index >= 15 is 0 Å². The summed E-state index contributed by atoms with van der Waals surface area (Å²) in [4.78, 5) is 1.02. The van der Waals surface area contributed by atoms with Crippen molar-refractivity contribution in [3.05, 3.63) is 46.0 Å². The first-order valence-electron chi connectivity index (χ1n) is 7.14. The molecule has 1 unspecified atom stereocenters. The van der Waals surface area contributed by atoms with E-state index in [2.05, 4.69) is 21.8 Å². The van der Waals surface area contributed by atoms with Crippen LogP contribution in [0.15, 0.2) is 18.2 Å². The molecule has 0 aliphatic rings. The van der Waals surface area contributed by atoms with E-state index in [0.29, 0.717) is 12.0 Å². The highest BCUT2D eigenvalue weighted by atomic mass is 32.1.